The van der Waals surface area contributed by atoms with E-state index in [-0.39, 0.29) is 12.1 Å². The lowest BCUT2D eigenvalue weighted by Gasteiger charge is -2.36. The monoisotopic (exact) mass is 301 g/mol. The van der Waals surface area contributed by atoms with Gasteiger partial charge in [-0.3, -0.25) is 0 Å². The van der Waals surface area contributed by atoms with Crippen LogP contribution in [0.4, 0.5) is 5.69 Å². The van der Waals surface area contributed by atoms with E-state index in [0.29, 0.717) is 11.7 Å². The number of anilines is 1. The fraction of sp³-hybridized carbons (Fsp3) is 0.294. The second-order valence-electron chi connectivity index (χ2n) is 5.69. The van der Waals surface area contributed by atoms with Crippen LogP contribution in [0.1, 0.15) is 29.7 Å². The summed E-state index contributed by atoms with van der Waals surface area (Å²) in [6, 6.07) is 13.5. The Morgan fingerprint density at radius 3 is 2.95 bits per heavy atom. The van der Waals surface area contributed by atoms with E-state index >= 15 is 0 Å². The van der Waals surface area contributed by atoms with Crippen LogP contribution in [0, 0.1) is 5.92 Å². The summed E-state index contributed by atoms with van der Waals surface area (Å²) >= 11 is 6.12. The number of nitrogens with one attached hydrogen (secondary N) is 1. The lowest BCUT2D eigenvalue weighted by atomic mass is 9.81. The average Bonchev–Trinajstić information content (AvgIpc) is 2.96. The SMILES string of the molecule is Oc1cccc([C@@H]2Nc3ccc(Cl)cc3[C@@H]3OCC[C@H]23)c1. The van der Waals surface area contributed by atoms with E-state index in [1.807, 2.05) is 36.4 Å². The van der Waals surface area contributed by atoms with E-state index in [9.17, 15) is 5.11 Å². The summed E-state index contributed by atoms with van der Waals surface area (Å²) in [7, 11) is 0. The van der Waals surface area contributed by atoms with Crippen LogP contribution in [0.15, 0.2) is 42.5 Å². The van der Waals surface area contributed by atoms with Gasteiger partial charge < -0.3 is 15.2 Å². The molecule has 4 heteroatoms. The van der Waals surface area contributed by atoms with E-state index in [0.717, 1.165) is 34.9 Å². The molecule has 0 aromatic heterocycles. The summed E-state index contributed by atoms with van der Waals surface area (Å²) in [4.78, 5) is 0. The molecule has 21 heavy (non-hydrogen) atoms. The minimum Gasteiger partial charge on any atom is -0.508 e. The molecule has 3 atom stereocenters. The van der Waals surface area contributed by atoms with E-state index in [1.54, 1.807) is 6.07 Å². The first-order valence-corrected chi connectivity index (χ1v) is 7.57. The van der Waals surface area contributed by atoms with Gasteiger partial charge in [-0.25, -0.2) is 0 Å². The van der Waals surface area contributed by atoms with Gasteiger partial charge in [-0.2, -0.15) is 0 Å². The third kappa shape index (κ3) is 2.17. The summed E-state index contributed by atoms with van der Waals surface area (Å²) in [6.07, 6.45) is 1.08. The molecule has 0 aliphatic carbocycles. The highest BCUT2D eigenvalue weighted by atomic mass is 35.5. The zero-order valence-corrected chi connectivity index (χ0v) is 12.2. The number of aromatic hydroxyl groups is 1. The van der Waals surface area contributed by atoms with Gasteiger partial charge in [0.1, 0.15) is 5.75 Å². The number of halogens is 1. The van der Waals surface area contributed by atoms with Crippen molar-refractivity contribution >= 4 is 17.3 Å². The number of phenols is 1. The standard InChI is InChI=1S/C17H16ClNO2/c18-11-4-5-15-14(9-11)17-13(6-7-21-17)16(19-15)10-2-1-3-12(20)8-10/h1-5,8-9,13,16-17,19-20H,6-7H2/t13-,16+,17-/m1/s1. The topological polar surface area (TPSA) is 41.5 Å². The third-order valence-corrected chi connectivity index (χ3v) is 4.66. The second-order valence-corrected chi connectivity index (χ2v) is 6.13. The molecular formula is C17H16ClNO2. The fourth-order valence-corrected chi connectivity index (χ4v) is 3.67. The Morgan fingerprint density at radius 1 is 1.19 bits per heavy atom. The van der Waals surface area contributed by atoms with Crippen molar-refractivity contribution in [3.8, 4) is 5.75 Å². The van der Waals surface area contributed by atoms with Crippen LogP contribution in [0.5, 0.6) is 5.75 Å². The highest BCUT2D eigenvalue weighted by molar-refractivity contribution is 6.30. The van der Waals surface area contributed by atoms with Crippen molar-refractivity contribution in [1.29, 1.82) is 0 Å². The highest BCUT2D eigenvalue weighted by Gasteiger charge is 2.41. The molecule has 0 saturated carbocycles. The Kier molecular flexibility index (Phi) is 3.05. The summed E-state index contributed by atoms with van der Waals surface area (Å²) in [6.45, 7) is 0.762. The van der Waals surface area contributed by atoms with Crippen molar-refractivity contribution in [2.45, 2.75) is 18.6 Å². The summed E-state index contributed by atoms with van der Waals surface area (Å²) in [5.41, 5.74) is 3.30. The Bertz CT molecular complexity index is 688. The van der Waals surface area contributed by atoms with Gasteiger partial charge >= 0.3 is 0 Å². The number of hydrogen-bond acceptors (Lipinski definition) is 3. The summed E-state index contributed by atoms with van der Waals surface area (Å²) < 4.78 is 5.96. The van der Waals surface area contributed by atoms with E-state index < -0.39 is 0 Å². The van der Waals surface area contributed by atoms with E-state index in [1.165, 1.54) is 0 Å². The molecule has 2 aromatic carbocycles. The Balaban J connectivity index is 1.79. The predicted octanol–water partition coefficient (Wildman–Crippen LogP) is 4.29. The lowest BCUT2D eigenvalue weighted by molar-refractivity contribution is 0.0829. The molecule has 3 nitrogen and oxygen atoms in total. The van der Waals surface area contributed by atoms with Crippen LogP contribution in [0.25, 0.3) is 0 Å². The van der Waals surface area contributed by atoms with Crippen LogP contribution < -0.4 is 5.32 Å². The summed E-state index contributed by atoms with van der Waals surface area (Å²) in [5.74, 6) is 0.657. The van der Waals surface area contributed by atoms with Crippen molar-refractivity contribution in [2.24, 2.45) is 5.92 Å². The molecule has 4 rings (SSSR count). The van der Waals surface area contributed by atoms with Crippen LogP contribution in [-0.2, 0) is 4.74 Å². The molecule has 2 aliphatic heterocycles. The Morgan fingerprint density at radius 2 is 2.10 bits per heavy atom. The van der Waals surface area contributed by atoms with Gasteiger partial charge in [-0.1, -0.05) is 23.7 Å². The van der Waals surface area contributed by atoms with Gasteiger partial charge in [-0.15, -0.1) is 0 Å². The molecule has 2 aromatic rings. The molecular weight excluding hydrogens is 286 g/mol. The first-order chi connectivity index (χ1) is 10.2. The number of ether oxygens (including phenoxy) is 1. The van der Waals surface area contributed by atoms with Crippen molar-refractivity contribution in [2.75, 3.05) is 11.9 Å². The van der Waals surface area contributed by atoms with Crippen molar-refractivity contribution in [1.82, 2.24) is 0 Å². The molecule has 2 heterocycles. The molecule has 0 radical (unpaired) electrons. The summed E-state index contributed by atoms with van der Waals surface area (Å²) in [5, 5.41) is 14.1. The molecule has 2 aliphatic rings. The third-order valence-electron chi connectivity index (χ3n) is 4.43. The lowest BCUT2D eigenvalue weighted by Crippen LogP contribution is -2.29. The molecule has 108 valence electrons. The molecule has 0 bridgehead atoms. The zero-order valence-electron chi connectivity index (χ0n) is 11.4. The van der Waals surface area contributed by atoms with Crippen molar-refractivity contribution < 1.29 is 9.84 Å². The quantitative estimate of drug-likeness (QED) is 0.825. The van der Waals surface area contributed by atoms with E-state index in [4.69, 9.17) is 16.3 Å². The van der Waals surface area contributed by atoms with Gasteiger partial charge in [0, 0.05) is 28.8 Å². The van der Waals surface area contributed by atoms with Gasteiger partial charge in [0.05, 0.1) is 12.1 Å². The first-order valence-electron chi connectivity index (χ1n) is 7.19. The van der Waals surface area contributed by atoms with Gasteiger partial charge in [0.15, 0.2) is 0 Å². The number of benzene rings is 2. The Labute approximate surface area is 128 Å². The van der Waals surface area contributed by atoms with Crippen LogP contribution in [-0.4, -0.2) is 11.7 Å². The minimum absolute atomic E-state index is 0.0762. The molecule has 1 saturated heterocycles. The molecule has 0 amide bonds. The van der Waals surface area contributed by atoms with Crippen LogP contribution in [0.3, 0.4) is 0 Å². The largest absolute Gasteiger partial charge is 0.508 e. The minimum atomic E-state index is 0.0762. The number of phenolic OH excluding ortho intramolecular Hbond substituents is 1. The van der Waals surface area contributed by atoms with Crippen LogP contribution >= 0.6 is 11.6 Å². The maximum atomic E-state index is 9.74. The predicted molar refractivity (Wildman–Crippen MR) is 82.7 cm³/mol. The maximum absolute atomic E-state index is 9.74. The zero-order chi connectivity index (χ0) is 14.4. The smallest absolute Gasteiger partial charge is 0.115 e. The first kappa shape index (κ1) is 13.0. The van der Waals surface area contributed by atoms with Crippen LogP contribution in [0.2, 0.25) is 5.02 Å². The normalized spacial score (nSPS) is 26.8. The molecule has 1 fully saturated rings. The van der Waals surface area contributed by atoms with Gasteiger partial charge in [0.25, 0.3) is 0 Å². The molecule has 2 N–H and O–H groups in total. The van der Waals surface area contributed by atoms with Crippen molar-refractivity contribution in [3.05, 3.63) is 58.6 Å². The number of hydrogen-bond donors (Lipinski definition) is 2. The molecule has 0 spiro atoms. The molecule has 0 unspecified atom stereocenters. The number of rotatable bonds is 1. The highest BCUT2D eigenvalue weighted by Crippen LogP contribution is 2.50. The van der Waals surface area contributed by atoms with Gasteiger partial charge in [0.2, 0.25) is 0 Å². The Hall–Kier alpha value is -1.71. The average molecular weight is 302 g/mol. The number of fused-ring (bicyclic) bond motifs is 3. The fourth-order valence-electron chi connectivity index (χ4n) is 3.49. The van der Waals surface area contributed by atoms with E-state index in [2.05, 4.69) is 5.32 Å². The maximum Gasteiger partial charge on any atom is 0.115 e. The second kappa shape index (κ2) is 4.93. The van der Waals surface area contributed by atoms with Crippen molar-refractivity contribution in [3.63, 3.8) is 0 Å². The van der Waals surface area contributed by atoms with Gasteiger partial charge in [-0.05, 0) is 42.3 Å².